The summed E-state index contributed by atoms with van der Waals surface area (Å²) in [7, 11) is -7.41. The number of rotatable bonds is 8. The Hall–Kier alpha value is -0.180. The molecule has 0 aliphatic carbocycles. The maximum atomic E-state index is 11.7. The van der Waals surface area contributed by atoms with E-state index in [4.69, 9.17) is 5.11 Å². The number of aliphatic hydroxyl groups is 1. The summed E-state index contributed by atoms with van der Waals surface area (Å²) in [5.74, 6) is 0. The van der Waals surface area contributed by atoms with E-state index in [1.807, 2.05) is 6.92 Å². The molecule has 0 unspecified atom stereocenters. The molecule has 0 atom stereocenters. The number of hydrogen-bond acceptors (Lipinski definition) is 5. The topological polar surface area (TPSA) is 91.8 Å². The molecule has 98 valence electrons. The van der Waals surface area contributed by atoms with Crippen molar-refractivity contribution >= 4 is 19.9 Å². The molecule has 6 nitrogen and oxygen atoms in total. The van der Waals surface area contributed by atoms with Crippen LogP contribution in [0.2, 0.25) is 0 Å². The predicted molar refractivity (Wildman–Crippen MR) is 62.2 cm³/mol. The van der Waals surface area contributed by atoms with Crippen molar-refractivity contribution in [3.8, 4) is 0 Å². The van der Waals surface area contributed by atoms with Crippen molar-refractivity contribution in [1.29, 1.82) is 0 Å². The summed E-state index contributed by atoms with van der Waals surface area (Å²) in [6.45, 7) is 1.78. The van der Waals surface area contributed by atoms with Crippen molar-refractivity contribution in [3.05, 3.63) is 0 Å². The van der Waals surface area contributed by atoms with Gasteiger partial charge in [0.05, 0.1) is 6.61 Å². The highest BCUT2D eigenvalue weighted by molar-refractivity contribution is 8.06. The van der Waals surface area contributed by atoms with E-state index in [-0.39, 0.29) is 19.7 Å². The highest BCUT2D eigenvalue weighted by Gasteiger charge is 2.25. The van der Waals surface area contributed by atoms with Crippen molar-refractivity contribution in [3.63, 3.8) is 0 Å². The first-order valence-corrected chi connectivity index (χ1v) is 8.66. The van der Waals surface area contributed by atoms with Crippen LogP contribution >= 0.6 is 0 Å². The third-order valence-electron chi connectivity index (χ3n) is 1.87. The van der Waals surface area contributed by atoms with Gasteiger partial charge in [-0.25, -0.2) is 16.8 Å². The van der Waals surface area contributed by atoms with E-state index >= 15 is 0 Å². The highest BCUT2D eigenvalue weighted by Crippen LogP contribution is 2.06. The van der Waals surface area contributed by atoms with Crippen LogP contribution in [0.1, 0.15) is 19.8 Å². The lowest BCUT2D eigenvalue weighted by molar-refractivity contribution is 0.253. The third-order valence-corrected chi connectivity index (χ3v) is 5.92. The van der Waals surface area contributed by atoms with Crippen molar-refractivity contribution in [2.24, 2.45) is 0 Å². The maximum Gasteiger partial charge on any atom is 0.228 e. The Bertz CT molecular complexity index is 387. The number of aliphatic hydroxyl groups excluding tert-OH is 1. The molecule has 16 heavy (non-hydrogen) atoms. The van der Waals surface area contributed by atoms with Crippen LogP contribution in [0.15, 0.2) is 0 Å². The van der Waals surface area contributed by atoms with Crippen LogP contribution in [-0.2, 0) is 19.9 Å². The number of nitrogens with zero attached hydrogens (tertiary/aromatic N) is 1. The van der Waals surface area contributed by atoms with Crippen LogP contribution in [0.4, 0.5) is 0 Å². The Balaban J connectivity index is 4.75. The van der Waals surface area contributed by atoms with E-state index in [0.717, 1.165) is 17.0 Å². The van der Waals surface area contributed by atoms with Gasteiger partial charge in [0, 0.05) is 19.3 Å². The van der Waals surface area contributed by atoms with Gasteiger partial charge in [0.1, 0.15) is 0 Å². The van der Waals surface area contributed by atoms with Crippen molar-refractivity contribution < 1.29 is 21.9 Å². The molecule has 0 bridgehead atoms. The zero-order valence-electron chi connectivity index (χ0n) is 9.59. The van der Waals surface area contributed by atoms with Crippen molar-refractivity contribution in [2.75, 3.05) is 31.0 Å². The van der Waals surface area contributed by atoms with Gasteiger partial charge >= 0.3 is 0 Å². The Kier molecular flexibility index (Phi) is 6.46. The van der Waals surface area contributed by atoms with E-state index in [1.54, 1.807) is 0 Å². The van der Waals surface area contributed by atoms with Gasteiger partial charge < -0.3 is 5.11 Å². The molecule has 0 heterocycles. The maximum absolute atomic E-state index is 11.7. The second-order valence-electron chi connectivity index (χ2n) is 3.63. The summed E-state index contributed by atoms with van der Waals surface area (Å²) in [5.41, 5.74) is 0. The predicted octanol–water partition coefficient (Wildman–Crippen LogP) is -0.587. The zero-order valence-corrected chi connectivity index (χ0v) is 11.2. The molecule has 0 aromatic rings. The molecular weight excluding hydrogens is 254 g/mol. The van der Waals surface area contributed by atoms with Gasteiger partial charge in [0.25, 0.3) is 0 Å². The first kappa shape index (κ1) is 15.8. The summed E-state index contributed by atoms with van der Waals surface area (Å²) in [5, 5.41) is 7.84. The summed E-state index contributed by atoms with van der Waals surface area (Å²) >= 11 is 0. The molecule has 0 radical (unpaired) electrons. The van der Waals surface area contributed by atoms with Crippen LogP contribution in [0.25, 0.3) is 0 Å². The van der Waals surface area contributed by atoms with Gasteiger partial charge in [-0.3, -0.25) is 0 Å². The lowest BCUT2D eigenvalue weighted by Crippen LogP contribution is -2.37. The van der Waals surface area contributed by atoms with Crippen molar-refractivity contribution in [2.45, 2.75) is 19.8 Å². The summed E-state index contributed by atoms with van der Waals surface area (Å²) < 4.78 is 46.3. The molecule has 0 aliphatic rings. The minimum atomic E-state index is -3.83. The molecule has 0 rings (SSSR count). The Labute approximate surface area is 97.2 Å². The van der Waals surface area contributed by atoms with Gasteiger partial charge in [-0.2, -0.15) is 4.31 Å². The van der Waals surface area contributed by atoms with Crippen LogP contribution in [-0.4, -0.2) is 57.3 Å². The van der Waals surface area contributed by atoms with Gasteiger partial charge in [0.2, 0.25) is 10.0 Å². The number of hydrogen-bond donors (Lipinski definition) is 1. The van der Waals surface area contributed by atoms with E-state index in [0.29, 0.717) is 6.42 Å². The number of sulfonamides is 1. The van der Waals surface area contributed by atoms with E-state index < -0.39 is 24.9 Å². The first-order valence-electron chi connectivity index (χ1n) is 4.99. The lowest BCUT2D eigenvalue weighted by atomic mass is 10.3. The Morgan fingerprint density at radius 3 is 2.06 bits per heavy atom. The molecule has 0 amide bonds. The lowest BCUT2D eigenvalue weighted by Gasteiger charge is -2.20. The summed E-state index contributed by atoms with van der Waals surface area (Å²) in [6.07, 6.45) is 2.32. The first-order chi connectivity index (χ1) is 7.23. The third kappa shape index (κ3) is 6.41. The van der Waals surface area contributed by atoms with Crippen molar-refractivity contribution in [1.82, 2.24) is 4.31 Å². The minimum absolute atomic E-state index is 0.0577. The van der Waals surface area contributed by atoms with Gasteiger partial charge in [0.15, 0.2) is 14.9 Å². The monoisotopic (exact) mass is 273 g/mol. The van der Waals surface area contributed by atoms with Crippen LogP contribution < -0.4 is 0 Å². The van der Waals surface area contributed by atoms with E-state index in [1.165, 1.54) is 0 Å². The van der Waals surface area contributed by atoms with Gasteiger partial charge in [-0.15, -0.1) is 0 Å². The molecule has 0 aromatic heterocycles. The summed E-state index contributed by atoms with van der Waals surface area (Å²) in [4.78, 5) is 0. The standard InChI is InChI=1S/C8H19NO5S2/c1-3-4-5-9(6-7-10)16(13,14)8-15(2,11)12/h10H,3-8H2,1-2H3. The van der Waals surface area contributed by atoms with E-state index in [9.17, 15) is 16.8 Å². The second kappa shape index (κ2) is 6.53. The number of unbranched alkanes of at least 4 members (excludes halogenated alkanes) is 1. The molecule has 0 spiro atoms. The fourth-order valence-corrected chi connectivity index (χ4v) is 4.71. The van der Waals surface area contributed by atoms with Crippen LogP contribution in [0.5, 0.6) is 0 Å². The molecule has 0 fully saturated rings. The SMILES string of the molecule is CCCCN(CCO)S(=O)(=O)CS(C)(=O)=O. The molecule has 0 saturated heterocycles. The molecular formula is C8H19NO5S2. The van der Waals surface area contributed by atoms with Gasteiger partial charge in [-0.1, -0.05) is 13.3 Å². The van der Waals surface area contributed by atoms with Crippen LogP contribution in [0.3, 0.4) is 0 Å². The number of sulfone groups is 1. The summed E-state index contributed by atoms with van der Waals surface area (Å²) in [6, 6.07) is 0. The minimum Gasteiger partial charge on any atom is -0.395 e. The molecule has 0 aliphatic heterocycles. The zero-order chi connectivity index (χ0) is 12.8. The fourth-order valence-electron chi connectivity index (χ4n) is 1.18. The quantitative estimate of drug-likeness (QED) is 0.638. The van der Waals surface area contributed by atoms with Gasteiger partial charge in [-0.05, 0) is 6.42 Å². The molecule has 8 heteroatoms. The van der Waals surface area contributed by atoms with E-state index in [2.05, 4.69) is 0 Å². The molecule has 0 saturated carbocycles. The fraction of sp³-hybridized carbons (Fsp3) is 1.00. The largest absolute Gasteiger partial charge is 0.395 e. The second-order valence-corrected chi connectivity index (χ2v) is 8.11. The molecule has 1 N–H and O–H groups in total. The van der Waals surface area contributed by atoms with Crippen LogP contribution in [0, 0.1) is 0 Å². The smallest absolute Gasteiger partial charge is 0.228 e. The molecule has 0 aromatic carbocycles. The average Bonchev–Trinajstić information content (AvgIpc) is 2.07. The normalized spacial score (nSPS) is 13.2. The average molecular weight is 273 g/mol. The Morgan fingerprint density at radius 1 is 1.12 bits per heavy atom. The highest BCUT2D eigenvalue weighted by atomic mass is 32.3. The Morgan fingerprint density at radius 2 is 1.69 bits per heavy atom.